The number of benzene rings is 3. The number of halogens is 1. The number of para-hydroxylation sites is 1. The number of nitriles is 1. The molecule has 0 spiro atoms. The second kappa shape index (κ2) is 11.2. The molecule has 0 amide bonds. The van der Waals surface area contributed by atoms with E-state index in [2.05, 4.69) is 74.0 Å². The second-order valence-electron chi connectivity index (χ2n) is 11.9. The zero-order valence-corrected chi connectivity index (χ0v) is 25.9. The lowest BCUT2D eigenvalue weighted by molar-refractivity contribution is -0.118. The average molecular weight is 611 g/mol. The van der Waals surface area contributed by atoms with Crippen LogP contribution in [-0.2, 0) is 17.8 Å². The van der Waals surface area contributed by atoms with Crippen molar-refractivity contribution in [2.24, 2.45) is 11.1 Å². The van der Waals surface area contributed by atoms with Crippen molar-refractivity contribution >= 4 is 27.4 Å². The molecule has 6 heteroatoms. The number of ketones is 1. The number of ether oxygens (including phenoxy) is 1. The number of nitrogens with zero attached hydrogens (tertiary/aromatic N) is 2. The van der Waals surface area contributed by atoms with Crippen molar-refractivity contribution in [1.82, 2.24) is 0 Å². The van der Waals surface area contributed by atoms with Gasteiger partial charge in [-0.15, -0.1) is 0 Å². The Hall–Kier alpha value is -3.82. The predicted octanol–water partition coefficient (Wildman–Crippen LogP) is 8.15. The number of hydrogen-bond acceptors (Lipinski definition) is 5. The van der Waals surface area contributed by atoms with Gasteiger partial charge in [0.25, 0.3) is 0 Å². The van der Waals surface area contributed by atoms with Crippen molar-refractivity contribution in [3.63, 3.8) is 0 Å². The van der Waals surface area contributed by atoms with Crippen LogP contribution in [0.1, 0.15) is 67.3 Å². The topological polar surface area (TPSA) is 79.3 Å². The molecule has 1 atom stereocenters. The van der Waals surface area contributed by atoms with Crippen LogP contribution in [0.5, 0.6) is 5.75 Å². The van der Waals surface area contributed by atoms with E-state index in [4.69, 9.17) is 10.5 Å². The van der Waals surface area contributed by atoms with E-state index < -0.39 is 5.92 Å². The summed E-state index contributed by atoms with van der Waals surface area (Å²) in [5, 5.41) is 10.5. The molecule has 210 valence electrons. The third-order valence-corrected chi connectivity index (χ3v) is 8.89. The van der Waals surface area contributed by atoms with Crippen molar-refractivity contribution in [3.8, 4) is 11.8 Å². The molecule has 1 aliphatic carbocycles. The summed E-state index contributed by atoms with van der Waals surface area (Å²) in [7, 11) is 0. The van der Waals surface area contributed by atoms with Gasteiger partial charge in [0, 0.05) is 23.4 Å². The highest BCUT2D eigenvalue weighted by Gasteiger charge is 2.45. The van der Waals surface area contributed by atoms with Gasteiger partial charge in [0.2, 0.25) is 0 Å². The summed E-state index contributed by atoms with van der Waals surface area (Å²) in [6.45, 7) is 10.8. The predicted molar refractivity (Wildman–Crippen MR) is 167 cm³/mol. The Morgan fingerprint density at radius 3 is 2.44 bits per heavy atom. The number of allylic oxidation sites excluding steroid dienone is 3. The highest BCUT2D eigenvalue weighted by atomic mass is 79.9. The summed E-state index contributed by atoms with van der Waals surface area (Å²) in [6, 6.07) is 22.6. The maximum absolute atomic E-state index is 14.0. The molecule has 0 aromatic heterocycles. The molecule has 5 rings (SSSR count). The number of hydrogen-bond donors (Lipinski definition) is 1. The van der Waals surface area contributed by atoms with Gasteiger partial charge in [0.05, 0.1) is 22.0 Å². The normalized spacial score (nSPS) is 18.3. The first-order chi connectivity index (χ1) is 19.5. The smallest absolute Gasteiger partial charge is 0.162 e. The van der Waals surface area contributed by atoms with E-state index in [9.17, 15) is 10.1 Å². The summed E-state index contributed by atoms with van der Waals surface area (Å²) in [6.07, 6.45) is 2.03. The third-order valence-electron chi connectivity index (χ3n) is 8.24. The quantitative estimate of drug-likeness (QED) is 0.305. The second-order valence-corrected chi connectivity index (χ2v) is 12.7. The number of Topliss-reactive ketones (excluding diaryl/α,β-unsaturated/α-hetero) is 1. The minimum absolute atomic E-state index is 0.0719. The highest BCUT2D eigenvalue weighted by molar-refractivity contribution is 9.10. The lowest BCUT2D eigenvalue weighted by Crippen LogP contribution is -2.42. The molecule has 41 heavy (non-hydrogen) atoms. The number of rotatable bonds is 6. The number of nitrogens with two attached hydrogens (primary N) is 1. The van der Waals surface area contributed by atoms with Crippen molar-refractivity contribution in [2.75, 3.05) is 4.90 Å². The van der Waals surface area contributed by atoms with Crippen LogP contribution in [0, 0.1) is 30.6 Å². The third kappa shape index (κ3) is 5.44. The van der Waals surface area contributed by atoms with Crippen LogP contribution in [0.4, 0.5) is 5.69 Å². The standard InChI is InChI=1S/C35H36BrN3O2/c1-6-23-11-13-25(14-12-23)39-29-17-35(4,5)18-30(40)33(29)32(27(19-37)34(39)38)26-16-24(21(2)15-22(26)3)20-41-31-10-8-7-9-28(31)36/h7-16,32H,6,17-18,20,38H2,1-5H3. The molecular formula is C35H36BrN3O2. The fourth-order valence-corrected chi connectivity index (χ4v) is 6.49. The summed E-state index contributed by atoms with van der Waals surface area (Å²) >= 11 is 3.56. The molecule has 1 unspecified atom stereocenters. The maximum atomic E-state index is 14.0. The SMILES string of the molecule is CCc1ccc(N2C(N)=C(C#N)C(c3cc(COc4ccccc4Br)c(C)cc3C)C3=C2CC(C)(C)CC3=O)cc1. The van der Waals surface area contributed by atoms with Gasteiger partial charge in [0.15, 0.2) is 5.78 Å². The fourth-order valence-electron chi connectivity index (χ4n) is 6.10. The van der Waals surface area contributed by atoms with E-state index in [1.54, 1.807) is 0 Å². The Labute approximate surface area is 251 Å². The summed E-state index contributed by atoms with van der Waals surface area (Å²) in [4.78, 5) is 15.9. The molecule has 2 N–H and O–H groups in total. The van der Waals surface area contributed by atoms with Crippen molar-refractivity contribution < 1.29 is 9.53 Å². The first kappa shape index (κ1) is 28.7. The first-order valence-electron chi connectivity index (χ1n) is 14.1. The number of carbonyl (C=O) groups is 1. The van der Waals surface area contributed by atoms with Gasteiger partial charge < -0.3 is 10.5 Å². The van der Waals surface area contributed by atoms with E-state index in [0.29, 0.717) is 36.4 Å². The lowest BCUT2D eigenvalue weighted by Gasteiger charge is -2.44. The molecule has 5 nitrogen and oxygen atoms in total. The van der Waals surface area contributed by atoms with E-state index in [1.807, 2.05) is 48.2 Å². The van der Waals surface area contributed by atoms with Crippen molar-refractivity contribution in [3.05, 3.63) is 116 Å². The van der Waals surface area contributed by atoms with Crippen molar-refractivity contribution in [1.29, 1.82) is 5.26 Å². The van der Waals surface area contributed by atoms with E-state index in [0.717, 1.165) is 50.3 Å². The van der Waals surface area contributed by atoms with Gasteiger partial charge >= 0.3 is 0 Å². The van der Waals surface area contributed by atoms with Gasteiger partial charge in [-0.25, -0.2) is 0 Å². The van der Waals surface area contributed by atoms with Crippen LogP contribution in [0.25, 0.3) is 0 Å². The van der Waals surface area contributed by atoms with Crippen LogP contribution in [0.3, 0.4) is 0 Å². The van der Waals surface area contributed by atoms with Gasteiger partial charge in [-0.05, 0) is 100 Å². The number of anilines is 1. The fraction of sp³-hybridized carbons (Fsp3) is 0.314. The zero-order chi connectivity index (χ0) is 29.5. The Morgan fingerprint density at radius 1 is 1.07 bits per heavy atom. The van der Waals surface area contributed by atoms with E-state index >= 15 is 0 Å². The van der Waals surface area contributed by atoms with Crippen LogP contribution in [0.2, 0.25) is 0 Å². The highest BCUT2D eigenvalue weighted by Crippen LogP contribution is 2.51. The molecule has 0 bridgehead atoms. The molecule has 0 saturated heterocycles. The monoisotopic (exact) mass is 609 g/mol. The Kier molecular flexibility index (Phi) is 7.85. The van der Waals surface area contributed by atoms with Gasteiger partial charge in [-0.1, -0.05) is 57.2 Å². The molecule has 0 radical (unpaired) electrons. The molecule has 3 aromatic carbocycles. The largest absolute Gasteiger partial charge is 0.488 e. The molecule has 0 fully saturated rings. The molecule has 2 aliphatic rings. The van der Waals surface area contributed by atoms with Crippen LogP contribution in [0.15, 0.2) is 87.8 Å². The molecule has 0 saturated carbocycles. The minimum atomic E-state index is -0.535. The van der Waals surface area contributed by atoms with E-state index in [1.165, 1.54) is 5.56 Å². The Balaban J connectivity index is 1.66. The van der Waals surface area contributed by atoms with Crippen LogP contribution < -0.4 is 15.4 Å². The first-order valence-corrected chi connectivity index (χ1v) is 14.9. The maximum Gasteiger partial charge on any atom is 0.162 e. The molecule has 1 heterocycles. The summed E-state index contributed by atoms with van der Waals surface area (Å²) < 4.78 is 7.06. The molecular weight excluding hydrogens is 574 g/mol. The summed E-state index contributed by atoms with van der Waals surface area (Å²) in [5.74, 6) is 0.681. The van der Waals surface area contributed by atoms with Crippen molar-refractivity contribution in [2.45, 2.75) is 66.4 Å². The molecule has 1 aliphatic heterocycles. The minimum Gasteiger partial charge on any atom is -0.488 e. The Bertz CT molecular complexity index is 1630. The zero-order valence-electron chi connectivity index (χ0n) is 24.3. The average Bonchev–Trinajstić information content (AvgIpc) is 2.92. The van der Waals surface area contributed by atoms with Gasteiger partial charge in [-0.2, -0.15) is 5.26 Å². The van der Waals surface area contributed by atoms with Gasteiger partial charge in [-0.3, -0.25) is 9.69 Å². The number of aryl methyl sites for hydroxylation is 3. The molecule has 3 aromatic rings. The number of carbonyl (C=O) groups excluding carboxylic acids is 1. The van der Waals surface area contributed by atoms with Crippen LogP contribution in [-0.4, -0.2) is 5.78 Å². The van der Waals surface area contributed by atoms with E-state index in [-0.39, 0.29) is 11.2 Å². The summed E-state index contributed by atoms with van der Waals surface area (Å²) in [5.41, 5.74) is 14.7. The van der Waals surface area contributed by atoms with Gasteiger partial charge in [0.1, 0.15) is 18.2 Å². The van der Waals surface area contributed by atoms with Crippen LogP contribution >= 0.6 is 15.9 Å². The lowest BCUT2D eigenvalue weighted by atomic mass is 9.68. The Morgan fingerprint density at radius 2 is 1.78 bits per heavy atom.